The van der Waals surface area contributed by atoms with Crippen LogP contribution in [0, 0.1) is 0 Å². The number of rotatable bonds is 6. The second-order valence-electron chi connectivity index (χ2n) is 7.41. The van der Waals surface area contributed by atoms with Gasteiger partial charge in [-0.15, -0.1) is 0 Å². The lowest BCUT2D eigenvalue weighted by atomic mass is 9.69. The van der Waals surface area contributed by atoms with E-state index >= 15 is 0 Å². The summed E-state index contributed by atoms with van der Waals surface area (Å²) in [6.07, 6.45) is 9.39. The second kappa shape index (κ2) is 7.47. The van der Waals surface area contributed by atoms with E-state index in [-0.39, 0.29) is 5.91 Å². The molecule has 4 heteroatoms. The number of nitrogens with two attached hydrogens (primary N) is 1. The van der Waals surface area contributed by atoms with E-state index in [1.807, 2.05) is 54.7 Å². The third kappa shape index (κ3) is 3.05. The highest BCUT2D eigenvalue weighted by Crippen LogP contribution is 2.44. The van der Waals surface area contributed by atoms with E-state index in [1.54, 1.807) is 0 Å². The Labute approximate surface area is 165 Å². The zero-order chi connectivity index (χ0) is 19.6. The Kier molecular flexibility index (Phi) is 4.86. The molecule has 2 aliphatic heterocycles. The Morgan fingerprint density at radius 1 is 1.11 bits per heavy atom. The SMILES string of the molecule is CCCCC(C(N)=O)(C1=CN2C=c3ccccc3=NC=C2C1)c1ccccc1. The van der Waals surface area contributed by atoms with Gasteiger partial charge in [-0.25, -0.2) is 0 Å². The number of hydrogen-bond acceptors (Lipinski definition) is 3. The predicted molar refractivity (Wildman–Crippen MR) is 111 cm³/mol. The molecule has 4 rings (SSSR count). The number of unbranched alkanes of at least 4 members (excludes halogenated alkanes) is 1. The second-order valence-corrected chi connectivity index (χ2v) is 7.41. The number of amides is 1. The molecule has 0 radical (unpaired) electrons. The van der Waals surface area contributed by atoms with Crippen molar-refractivity contribution in [1.82, 2.24) is 4.90 Å². The highest BCUT2D eigenvalue weighted by molar-refractivity contribution is 5.91. The molecular weight excluding hydrogens is 346 g/mol. The van der Waals surface area contributed by atoms with E-state index in [0.717, 1.165) is 40.3 Å². The highest BCUT2D eigenvalue weighted by Gasteiger charge is 2.44. The van der Waals surface area contributed by atoms with Crippen molar-refractivity contribution in [2.45, 2.75) is 38.0 Å². The number of fused-ring (bicyclic) bond motifs is 2. The molecule has 2 aromatic rings. The molecule has 0 spiro atoms. The zero-order valence-corrected chi connectivity index (χ0v) is 16.1. The van der Waals surface area contributed by atoms with Crippen molar-refractivity contribution in [3.63, 3.8) is 0 Å². The quantitative estimate of drug-likeness (QED) is 0.848. The van der Waals surface area contributed by atoms with Crippen LogP contribution >= 0.6 is 0 Å². The Morgan fingerprint density at radius 2 is 1.86 bits per heavy atom. The summed E-state index contributed by atoms with van der Waals surface area (Å²) in [6, 6.07) is 18.0. The minimum absolute atomic E-state index is 0.283. The van der Waals surface area contributed by atoms with Crippen LogP contribution in [0.5, 0.6) is 0 Å². The van der Waals surface area contributed by atoms with Crippen LogP contribution in [-0.2, 0) is 10.2 Å². The average molecular weight is 371 g/mol. The maximum atomic E-state index is 12.9. The molecule has 2 aromatic carbocycles. The molecule has 142 valence electrons. The molecule has 28 heavy (non-hydrogen) atoms. The molecule has 2 N–H and O–H groups in total. The van der Waals surface area contributed by atoms with Crippen LogP contribution in [0.3, 0.4) is 0 Å². The summed E-state index contributed by atoms with van der Waals surface area (Å²) in [5, 5.41) is 2.01. The van der Waals surface area contributed by atoms with Gasteiger partial charge in [-0.2, -0.15) is 0 Å². The molecule has 0 saturated heterocycles. The number of carbonyl (C=O) groups is 1. The van der Waals surface area contributed by atoms with Crippen LogP contribution in [-0.4, -0.2) is 10.8 Å². The molecule has 1 amide bonds. The van der Waals surface area contributed by atoms with Crippen LogP contribution in [0.4, 0.5) is 0 Å². The van der Waals surface area contributed by atoms with Gasteiger partial charge in [0.1, 0.15) is 0 Å². The van der Waals surface area contributed by atoms with Gasteiger partial charge in [0.25, 0.3) is 0 Å². The summed E-state index contributed by atoms with van der Waals surface area (Å²) in [5.41, 5.74) is 8.34. The fourth-order valence-electron chi connectivity index (χ4n) is 4.16. The van der Waals surface area contributed by atoms with Gasteiger partial charge in [0.05, 0.1) is 10.8 Å². The standard InChI is InChI=1S/C24H25N3O/c1-2-3-13-24(23(25)28,19-10-5-4-6-11-19)20-14-21-15-26-22-12-8-7-9-18(22)16-27(21)17-20/h4-12,15-17H,2-3,13-14H2,1H3,(H2,25,28). The summed E-state index contributed by atoms with van der Waals surface area (Å²) in [5.74, 6) is -0.283. The molecule has 0 aliphatic carbocycles. The van der Waals surface area contributed by atoms with E-state index < -0.39 is 5.41 Å². The van der Waals surface area contributed by atoms with Crippen LogP contribution in [0.15, 0.2) is 83.3 Å². The predicted octanol–water partition coefficient (Wildman–Crippen LogP) is 3.10. The minimum atomic E-state index is -0.794. The fraction of sp³-hybridized carbons (Fsp3) is 0.250. The largest absolute Gasteiger partial charge is 0.369 e. The Morgan fingerprint density at radius 3 is 2.61 bits per heavy atom. The van der Waals surface area contributed by atoms with E-state index in [4.69, 9.17) is 5.73 Å². The van der Waals surface area contributed by atoms with Gasteiger partial charge in [-0.05, 0) is 23.6 Å². The van der Waals surface area contributed by atoms with E-state index in [2.05, 4.69) is 35.3 Å². The van der Waals surface area contributed by atoms with E-state index in [1.165, 1.54) is 0 Å². The average Bonchev–Trinajstić information content (AvgIpc) is 3.03. The van der Waals surface area contributed by atoms with Gasteiger partial charge in [-0.3, -0.25) is 9.79 Å². The fourth-order valence-corrected chi connectivity index (χ4v) is 4.16. The molecule has 0 saturated carbocycles. The van der Waals surface area contributed by atoms with Gasteiger partial charge in [0.15, 0.2) is 0 Å². The first-order chi connectivity index (χ1) is 13.6. The minimum Gasteiger partial charge on any atom is -0.369 e. The Bertz CT molecular complexity index is 1070. The first-order valence-electron chi connectivity index (χ1n) is 9.84. The molecule has 2 aliphatic rings. The number of benzene rings is 2. The summed E-state index contributed by atoms with van der Waals surface area (Å²) in [4.78, 5) is 19.6. The molecule has 1 atom stereocenters. The third-order valence-corrected chi connectivity index (χ3v) is 5.71. The van der Waals surface area contributed by atoms with Crippen molar-refractivity contribution < 1.29 is 4.79 Å². The van der Waals surface area contributed by atoms with Crippen molar-refractivity contribution >= 4 is 12.1 Å². The molecule has 0 fully saturated rings. The van der Waals surface area contributed by atoms with Crippen LogP contribution in [0.25, 0.3) is 6.20 Å². The summed E-state index contributed by atoms with van der Waals surface area (Å²) in [7, 11) is 0. The van der Waals surface area contributed by atoms with Gasteiger partial charge in [0.2, 0.25) is 5.91 Å². The first-order valence-corrected chi connectivity index (χ1v) is 9.84. The zero-order valence-electron chi connectivity index (χ0n) is 16.1. The molecule has 1 unspecified atom stereocenters. The van der Waals surface area contributed by atoms with Crippen LogP contribution in [0.2, 0.25) is 0 Å². The number of allylic oxidation sites excluding steroid dienone is 1. The maximum absolute atomic E-state index is 12.9. The van der Waals surface area contributed by atoms with Crippen LogP contribution in [0.1, 0.15) is 38.2 Å². The van der Waals surface area contributed by atoms with Crippen molar-refractivity contribution in [3.8, 4) is 0 Å². The van der Waals surface area contributed by atoms with Crippen molar-refractivity contribution in [3.05, 3.63) is 94.4 Å². The summed E-state index contributed by atoms with van der Waals surface area (Å²) >= 11 is 0. The third-order valence-electron chi connectivity index (χ3n) is 5.71. The lowest BCUT2D eigenvalue weighted by Crippen LogP contribution is -2.42. The Balaban J connectivity index is 1.84. The number of nitrogens with zero attached hydrogens (tertiary/aromatic N) is 2. The summed E-state index contributed by atoms with van der Waals surface area (Å²) in [6.45, 7) is 2.14. The highest BCUT2D eigenvalue weighted by atomic mass is 16.1. The lowest BCUT2D eigenvalue weighted by molar-refractivity contribution is -0.122. The Hall–Kier alpha value is -3.14. The smallest absolute Gasteiger partial charge is 0.232 e. The number of para-hydroxylation sites is 1. The van der Waals surface area contributed by atoms with Gasteiger partial charge < -0.3 is 10.6 Å². The van der Waals surface area contributed by atoms with Gasteiger partial charge >= 0.3 is 0 Å². The van der Waals surface area contributed by atoms with Crippen LogP contribution < -0.4 is 16.3 Å². The van der Waals surface area contributed by atoms with E-state index in [0.29, 0.717) is 12.8 Å². The molecule has 4 nitrogen and oxygen atoms in total. The number of hydrogen-bond donors (Lipinski definition) is 1. The normalized spacial score (nSPS) is 17.1. The molecular formula is C24H25N3O. The molecule has 2 heterocycles. The molecule has 0 bridgehead atoms. The number of carbonyl (C=O) groups excluding carboxylic acids is 1. The van der Waals surface area contributed by atoms with E-state index in [9.17, 15) is 4.79 Å². The number of primary amides is 1. The molecule has 0 aromatic heterocycles. The van der Waals surface area contributed by atoms with Gasteiger partial charge in [-0.1, -0.05) is 68.3 Å². The summed E-state index contributed by atoms with van der Waals surface area (Å²) < 4.78 is 0. The van der Waals surface area contributed by atoms with Crippen molar-refractivity contribution in [1.29, 1.82) is 0 Å². The topological polar surface area (TPSA) is 58.7 Å². The van der Waals surface area contributed by atoms with Gasteiger partial charge in [0, 0.05) is 35.9 Å². The first kappa shape index (κ1) is 18.2. The maximum Gasteiger partial charge on any atom is 0.232 e. The lowest BCUT2D eigenvalue weighted by Gasteiger charge is -2.32. The van der Waals surface area contributed by atoms with Crippen molar-refractivity contribution in [2.24, 2.45) is 10.7 Å². The van der Waals surface area contributed by atoms with Crippen molar-refractivity contribution in [2.75, 3.05) is 0 Å². The monoisotopic (exact) mass is 371 g/mol.